The molecule has 112 valence electrons. The zero-order valence-corrected chi connectivity index (χ0v) is 12.8. The molecule has 1 atom stereocenters. The number of nitrogens with zero attached hydrogens (tertiary/aromatic N) is 1. The zero-order chi connectivity index (χ0) is 15.1. The van der Waals surface area contributed by atoms with Crippen LogP contribution in [0.5, 0.6) is 0 Å². The lowest BCUT2D eigenvalue weighted by Gasteiger charge is -2.37. The molecule has 0 amide bonds. The lowest BCUT2D eigenvalue weighted by molar-refractivity contribution is -0.137. The van der Waals surface area contributed by atoms with Gasteiger partial charge in [0.25, 0.3) is 0 Å². The van der Waals surface area contributed by atoms with Crippen LogP contribution in [0, 0.1) is 0 Å². The average molecular weight is 313 g/mol. The van der Waals surface area contributed by atoms with Gasteiger partial charge in [-0.2, -0.15) is 4.31 Å². The SMILES string of the molecule is CC(C)(C)S(=O)(=O)N1CCS(=O)(=O)CC1CC(=O)O. The molecule has 1 fully saturated rings. The van der Waals surface area contributed by atoms with Crippen LogP contribution < -0.4 is 0 Å². The smallest absolute Gasteiger partial charge is 0.305 e. The molecule has 1 unspecified atom stereocenters. The van der Waals surface area contributed by atoms with E-state index in [0.29, 0.717) is 0 Å². The highest BCUT2D eigenvalue weighted by molar-refractivity contribution is 7.92. The summed E-state index contributed by atoms with van der Waals surface area (Å²) in [6.45, 7) is 4.33. The lowest BCUT2D eigenvalue weighted by Crippen LogP contribution is -2.55. The maximum Gasteiger partial charge on any atom is 0.305 e. The highest BCUT2D eigenvalue weighted by Crippen LogP contribution is 2.26. The summed E-state index contributed by atoms with van der Waals surface area (Å²) in [4.78, 5) is 10.8. The molecule has 0 bridgehead atoms. The Morgan fingerprint density at radius 2 is 1.89 bits per heavy atom. The van der Waals surface area contributed by atoms with E-state index in [1.165, 1.54) is 20.8 Å². The number of carboxylic acid groups (broad SMARTS) is 1. The first-order chi connectivity index (χ1) is 8.37. The molecular weight excluding hydrogens is 294 g/mol. The monoisotopic (exact) mass is 313 g/mol. The number of sulfonamides is 1. The first kappa shape index (κ1) is 16.4. The van der Waals surface area contributed by atoms with Gasteiger partial charge < -0.3 is 5.11 Å². The van der Waals surface area contributed by atoms with Gasteiger partial charge in [-0.15, -0.1) is 0 Å². The normalized spacial score (nSPS) is 25.1. The molecule has 0 radical (unpaired) electrons. The summed E-state index contributed by atoms with van der Waals surface area (Å²) in [6, 6.07) is -1.03. The number of carbonyl (C=O) groups is 1. The van der Waals surface area contributed by atoms with Crippen LogP contribution in [-0.4, -0.2) is 61.1 Å². The molecule has 1 N–H and O–H groups in total. The third kappa shape index (κ3) is 3.67. The van der Waals surface area contributed by atoms with Gasteiger partial charge in [-0.3, -0.25) is 4.79 Å². The maximum absolute atomic E-state index is 12.3. The van der Waals surface area contributed by atoms with Crippen molar-refractivity contribution in [3.63, 3.8) is 0 Å². The highest BCUT2D eigenvalue weighted by Gasteiger charge is 2.44. The fourth-order valence-electron chi connectivity index (χ4n) is 1.90. The van der Waals surface area contributed by atoms with Crippen molar-refractivity contribution in [2.75, 3.05) is 18.1 Å². The molecule has 1 aliphatic rings. The number of aliphatic carboxylic acids is 1. The summed E-state index contributed by atoms with van der Waals surface area (Å²) in [6.07, 6.45) is -0.505. The van der Waals surface area contributed by atoms with E-state index in [0.717, 1.165) is 4.31 Å². The molecule has 7 nitrogen and oxygen atoms in total. The van der Waals surface area contributed by atoms with Crippen molar-refractivity contribution in [3.05, 3.63) is 0 Å². The zero-order valence-electron chi connectivity index (χ0n) is 11.2. The van der Waals surface area contributed by atoms with Crippen LogP contribution in [0.1, 0.15) is 27.2 Å². The van der Waals surface area contributed by atoms with Gasteiger partial charge in [-0.25, -0.2) is 16.8 Å². The molecule has 1 rings (SSSR count). The molecule has 19 heavy (non-hydrogen) atoms. The second-order valence-electron chi connectivity index (χ2n) is 5.59. The van der Waals surface area contributed by atoms with E-state index in [9.17, 15) is 21.6 Å². The Morgan fingerprint density at radius 1 is 1.37 bits per heavy atom. The average Bonchev–Trinajstić information content (AvgIpc) is 2.12. The Bertz CT molecular complexity index is 557. The van der Waals surface area contributed by atoms with Crippen molar-refractivity contribution < 1.29 is 26.7 Å². The van der Waals surface area contributed by atoms with Gasteiger partial charge in [0, 0.05) is 12.6 Å². The van der Waals surface area contributed by atoms with Crippen molar-refractivity contribution >= 4 is 25.8 Å². The van der Waals surface area contributed by atoms with Crippen molar-refractivity contribution in [3.8, 4) is 0 Å². The van der Waals surface area contributed by atoms with Crippen LogP contribution >= 0.6 is 0 Å². The second-order valence-corrected chi connectivity index (χ2v) is 10.5. The van der Waals surface area contributed by atoms with Crippen molar-refractivity contribution in [2.45, 2.75) is 38.0 Å². The molecule has 1 heterocycles. The molecule has 1 aliphatic heterocycles. The number of rotatable bonds is 3. The largest absolute Gasteiger partial charge is 0.481 e. The molecule has 0 aromatic rings. The van der Waals surface area contributed by atoms with Crippen LogP contribution in [0.2, 0.25) is 0 Å². The van der Waals surface area contributed by atoms with Crippen LogP contribution in [0.15, 0.2) is 0 Å². The van der Waals surface area contributed by atoms with Gasteiger partial charge in [0.15, 0.2) is 9.84 Å². The van der Waals surface area contributed by atoms with E-state index in [4.69, 9.17) is 5.11 Å². The third-order valence-corrected chi connectivity index (χ3v) is 7.31. The Morgan fingerprint density at radius 3 is 2.32 bits per heavy atom. The second kappa shape index (κ2) is 5.02. The van der Waals surface area contributed by atoms with E-state index < -0.39 is 48.8 Å². The Balaban J connectivity index is 3.15. The molecule has 9 heteroatoms. The van der Waals surface area contributed by atoms with Gasteiger partial charge in [0.05, 0.1) is 22.7 Å². The Kier molecular flexibility index (Phi) is 4.33. The van der Waals surface area contributed by atoms with Crippen molar-refractivity contribution in [2.24, 2.45) is 0 Å². The minimum absolute atomic E-state index is 0.181. The summed E-state index contributed by atoms with van der Waals surface area (Å²) >= 11 is 0. The van der Waals surface area contributed by atoms with Gasteiger partial charge in [0.2, 0.25) is 10.0 Å². The van der Waals surface area contributed by atoms with Gasteiger partial charge in [0.1, 0.15) is 0 Å². The number of hydrogen-bond donors (Lipinski definition) is 1. The summed E-state index contributed by atoms with van der Waals surface area (Å²) in [5, 5.41) is 8.81. The summed E-state index contributed by atoms with van der Waals surface area (Å²) in [5.41, 5.74) is 0. The number of hydrogen-bond acceptors (Lipinski definition) is 5. The summed E-state index contributed by atoms with van der Waals surface area (Å²) in [7, 11) is -7.12. The first-order valence-corrected chi connectivity index (χ1v) is 9.06. The van der Waals surface area contributed by atoms with E-state index in [-0.39, 0.29) is 12.3 Å². The molecule has 1 saturated heterocycles. The molecule has 0 spiro atoms. The number of carboxylic acids is 1. The molecule has 0 saturated carbocycles. The van der Waals surface area contributed by atoms with Crippen LogP contribution in [0.25, 0.3) is 0 Å². The summed E-state index contributed by atoms with van der Waals surface area (Å²) in [5.74, 6) is -1.91. The van der Waals surface area contributed by atoms with Gasteiger partial charge >= 0.3 is 5.97 Å². The van der Waals surface area contributed by atoms with Crippen molar-refractivity contribution in [1.29, 1.82) is 0 Å². The van der Waals surface area contributed by atoms with Crippen molar-refractivity contribution in [1.82, 2.24) is 4.31 Å². The van der Waals surface area contributed by atoms with Gasteiger partial charge in [-0.1, -0.05) is 0 Å². The minimum Gasteiger partial charge on any atom is -0.481 e. The first-order valence-electron chi connectivity index (χ1n) is 5.80. The highest BCUT2D eigenvalue weighted by atomic mass is 32.2. The maximum atomic E-state index is 12.3. The topological polar surface area (TPSA) is 109 Å². The third-order valence-electron chi connectivity index (χ3n) is 2.97. The minimum atomic E-state index is -3.74. The molecule has 0 aromatic heterocycles. The quantitative estimate of drug-likeness (QED) is 0.765. The number of sulfone groups is 1. The standard InChI is InChI=1S/C10H19NO6S2/c1-10(2,3)19(16,17)11-4-5-18(14,15)7-8(11)6-9(12)13/h8H,4-7H2,1-3H3,(H,12,13). The fourth-order valence-corrected chi connectivity index (χ4v) is 5.21. The predicted octanol–water partition coefficient (Wildman–Crippen LogP) is -0.312. The van der Waals surface area contributed by atoms with Gasteiger partial charge in [-0.05, 0) is 20.8 Å². The van der Waals surface area contributed by atoms with Crippen LogP contribution in [0.4, 0.5) is 0 Å². The summed E-state index contributed by atoms with van der Waals surface area (Å²) < 4.78 is 47.7. The fraction of sp³-hybridized carbons (Fsp3) is 0.900. The van der Waals surface area contributed by atoms with E-state index in [1.54, 1.807) is 0 Å². The predicted molar refractivity (Wildman–Crippen MR) is 70.1 cm³/mol. The van der Waals surface area contributed by atoms with E-state index in [2.05, 4.69) is 0 Å². The van der Waals surface area contributed by atoms with Crippen LogP contribution in [0.3, 0.4) is 0 Å². The Hall–Kier alpha value is -0.670. The van der Waals surface area contributed by atoms with Crippen LogP contribution in [-0.2, 0) is 24.7 Å². The molecule has 0 aliphatic carbocycles. The molecule has 0 aromatic carbocycles. The van der Waals surface area contributed by atoms with E-state index >= 15 is 0 Å². The lowest BCUT2D eigenvalue weighted by atomic mass is 10.2. The van der Waals surface area contributed by atoms with E-state index in [1.807, 2.05) is 0 Å². The molecular formula is C10H19NO6S2. The Labute approximate surface area is 113 Å².